The van der Waals surface area contributed by atoms with Gasteiger partial charge in [-0.25, -0.2) is 18.6 Å². The lowest BCUT2D eigenvalue weighted by Crippen LogP contribution is -2.68. The number of carbonyl (C=O) groups excluding carboxylic acids is 3. The number of halogens is 2. The molecule has 2 aromatic carbocycles. The van der Waals surface area contributed by atoms with Crippen molar-refractivity contribution < 1.29 is 23.2 Å². The van der Waals surface area contributed by atoms with E-state index in [1.165, 1.54) is 35.1 Å². The quantitative estimate of drug-likeness (QED) is 0.393. The third-order valence-corrected chi connectivity index (χ3v) is 6.77. The van der Waals surface area contributed by atoms with Gasteiger partial charge in [-0.15, -0.1) is 11.3 Å². The van der Waals surface area contributed by atoms with Crippen molar-refractivity contribution >= 4 is 40.4 Å². The monoisotopic (exact) mass is 508 g/mol. The molecule has 1 aromatic heterocycles. The zero-order chi connectivity index (χ0) is 25.9. The highest BCUT2D eigenvalue weighted by molar-refractivity contribution is 7.13. The number of benzene rings is 2. The minimum atomic E-state index is -1.55. The van der Waals surface area contributed by atoms with Gasteiger partial charge < -0.3 is 9.69 Å². The Morgan fingerprint density at radius 2 is 1.83 bits per heavy atom. The van der Waals surface area contributed by atoms with E-state index in [1.54, 1.807) is 35.8 Å². The molecule has 0 bridgehead atoms. The van der Waals surface area contributed by atoms with Gasteiger partial charge in [0.25, 0.3) is 5.91 Å². The number of hydrogen-bond acceptors (Lipinski definition) is 5. The molecule has 4 rings (SSSR count). The Labute approximate surface area is 211 Å². The van der Waals surface area contributed by atoms with Crippen molar-refractivity contribution in [1.82, 2.24) is 9.88 Å². The molecular weight excluding hydrogens is 486 g/mol. The molecule has 2 heterocycles. The maximum atomic E-state index is 15.0. The van der Waals surface area contributed by atoms with E-state index in [2.05, 4.69) is 16.8 Å². The van der Waals surface area contributed by atoms with Crippen LogP contribution in [0.3, 0.4) is 0 Å². The number of anilines is 2. The highest BCUT2D eigenvalue weighted by Crippen LogP contribution is 2.33. The number of aromatic nitrogens is 1. The minimum absolute atomic E-state index is 0.0444. The van der Waals surface area contributed by atoms with E-state index in [4.69, 9.17) is 0 Å². The third kappa shape index (κ3) is 4.70. The van der Waals surface area contributed by atoms with Crippen LogP contribution in [0.4, 0.5) is 24.4 Å². The number of amides is 3. The molecule has 1 saturated heterocycles. The summed E-state index contributed by atoms with van der Waals surface area (Å²) in [4.78, 5) is 45.8. The number of nitrogens with zero attached hydrogens (tertiary/aromatic N) is 4. The number of urea groups is 1. The van der Waals surface area contributed by atoms with Gasteiger partial charge in [-0.2, -0.15) is 0 Å². The largest absolute Gasteiger partial charge is 0.325 e. The van der Waals surface area contributed by atoms with Crippen LogP contribution in [0.15, 0.2) is 54.0 Å². The molecule has 7 nitrogen and oxygen atoms in total. The summed E-state index contributed by atoms with van der Waals surface area (Å²) in [6.07, 6.45) is 1.81. The van der Waals surface area contributed by atoms with E-state index < -0.39 is 34.8 Å². The van der Waals surface area contributed by atoms with Crippen LogP contribution in [0, 0.1) is 23.5 Å². The van der Waals surface area contributed by atoms with Crippen molar-refractivity contribution in [3.63, 3.8) is 0 Å². The molecule has 0 aliphatic carbocycles. The second-order valence-electron chi connectivity index (χ2n) is 8.31. The summed E-state index contributed by atoms with van der Waals surface area (Å²) in [5.74, 6) is 3.10. The van der Waals surface area contributed by atoms with Gasteiger partial charge in [-0.05, 0) is 31.2 Å². The Morgan fingerprint density at radius 1 is 1.17 bits per heavy atom. The van der Waals surface area contributed by atoms with E-state index in [-0.39, 0.29) is 25.1 Å². The second-order valence-corrected chi connectivity index (χ2v) is 9.19. The molecule has 0 saturated carbocycles. The highest BCUT2D eigenvalue weighted by Gasteiger charge is 2.49. The van der Waals surface area contributed by atoms with Gasteiger partial charge in [0.05, 0.1) is 0 Å². The Balaban J connectivity index is 1.61. The molecule has 1 aliphatic rings. The van der Waals surface area contributed by atoms with Crippen LogP contribution in [0.5, 0.6) is 0 Å². The number of piperazine rings is 1. The van der Waals surface area contributed by atoms with Crippen LogP contribution in [-0.4, -0.2) is 53.8 Å². The lowest BCUT2D eigenvalue weighted by atomic mass is 9.92. The summed E-state index contributed by atoms with van der Waals surface area (Å²) in [6.45, 7) is 1.63. The molecule has 184 valence electrons. The predicted octanol–water partition coefficient (Wildman–Crippen LogP) is 4.07. The molecule has 0 radical (unpaired) electrons. The van der Waals surface area contributed by atoms with Gasteiger partial charge in [-0.3, -0.25) is 14.6 Å². The summed E-state index contributed by atoms with van der Waals surface area (Å²) in [6, 6.07) is 10.3. The fourth-order valence-corrected chi connectivity index (χ4v) is 4.72. The first-order valence-corrected chi connectivity index (χ1v) is 11.9. The summed E-state index contributed by atoms with van der Waals surface area (Å²) < 4.78 is 30.0. The standard InChI is InChI=1S/C26H22F2N4O3S/c1-26(10-14-33)23(34)31(24-29-11-15-36-24)12-13-32(26)25(35)30(2)22-20(27)16-19(17-21(22)28)9-8-18-6-4-3-5-7-18/h3-7,11,14-17H,10,12-13H2,1-2H3. The summed E-state index contributed by atoms with van der Waals surface area (Å²) in [7, 11) is 1.22. The third-order valence-electron chi connectivity index (χ3n) is 5.97. The van der Waals surface area contributed by atoms with Crippen LogP contribution in [0.25, 0.3) is 0 Å². The fourth-order valence-electron chi connectivity index (χ4n) is 4.05. The molecule has 0 N–H and O–H groups in total. The van der Waals surface area contributed by atoms with Crippen molar-refractivity contribution in [2.75, 3.05) is 29.9 Å². The zero-order valence-electron chi connectivity index (χ0n) is 19.6. The molecule has 1 aliphatic heterocycles. The Morgan fingerprint density at radius 3 is 2.44 bits per heavy atom. The average Bonchev–Trinajstić information content (AvgIpc) is 3.39. The molecule has 36 heavy (non-hydrogen) atoms. The maximum absolute atomic E-state index is 15.0. The van der Waals surface area contributed by atoms with E-state index in [1.807, 2.05) is 6.07 Å². The smallest absolute Gasteiger partial charge is 0.308 e. The van der Waals surface area contributed by atoms with Crippen molar-refractivity contribution in [2.45, 2.75) is 18.9 Å². The molecule has 0 spiro atoms. The summed E-state index contributed by atoms with van der Waals surface area (Å²) in [5.41, 5.74) is -1.33. The first-order valence-electron chi connectivity index (χ1n) is 11.0. The van der Waals surface area contributed by atoms with Crippen molar-refractivity contribution in [3.05, 3.63) is 76.8 Å². The predicted molar refractivity (Wildman–Crippen MR) is 133 cm³/mol. The highest BCUT2D eigenvalue weighted by atomic mass is 32.1. The van der Waals surface area contributed by atoms with Crippen LogP contribution in [-0.2, 0) is 9.59 Å². The zero-order valence-corrected chi connectivity index (χ0v) is 20.4. The van der Waals surface area contributed by atoms with Crippen molar-refractivity contribution in [2.24, 2.45) is 0 Å². The van der Waals surface area contributed by atoms with Gasteiger partial charge >= 0.3 is 6.03 Å². The first kappa shape index (κ1) is 25.0. The minimum Gasteiger partial charge on any atom is -0.308 e. The number of aldehydes is 1. The number of carbonyl (C=O) groups is 3. The average molecular weight is 509 g/mol. The number of hydrogen-bond donors (Lipinski definition) is 0. The van der Waals surface area contributed by atoms with E-state index in [0.29, 0.717) is 17.0 Å². The van der Waals surface area contributed by atoms with Crippen LogP contribution < -0.4 is 9.80 Å². The molecule has 1 unspecified atom stereocenters. The van der Waals surface area contributed by atoms with E-state index >= 15 is 8.78 Å². The Hall–Kier alpha value is -4.10. The Bertz CT molecular complexity index is 1330. The lowest BCUT2D eigenvalue weighted by Gasteiger charge is -2.47. The maximum Gasteiger partial charge on any atom is 0.325 e. The van der Waals surface area contributed by atoms with Crippen LogP contribution in [0.2, 0.25) is 0 Å². The van der Waals surface area contributed by atoms with Gasteiger partial charge in [0.15, 0.2) is 16.8 Å². The van der Waals surface area contributed by atoms with Gasteiger partial charge in [0, 0.05) is 49.3 Å². The number of thiazole rings is 1. The summed E-state index contributed by atoms with van der Waals surface area (Å²) in [5, 5.41) is 2.16. The van der Waals surface area contributed by atoms with E-state index in [0.717, 1.165) is 17.0 Å². The van der Waals surface area contributed by atoms with Crippen molar-refractivity contribution in [1.29, 1.82) is 0 Å². The topological polar surface area (TPSA) is 73.8 Å². The SMILES string of the molecule is CN(C(=O)N1CCN(c2nccs2)C(=O)C1(C)CC=O)c1c(F)cc(C#Cc2ccccc2)cc1F. The molecule has 3 aromatic rings. The van der Waals surface area contributed by atoms with Gasteiger partial charge in [-0.1, -0.05) is 30.0 Å². The van der Waals surface area contributed by atoms with Crippen LogP contribution in [0.1, 0.15) is 24.5 Å². The molecular formula is C26H22F2N4O3S. The number of rotatable bonds is 4. The Kier molecular flexibility index (Phi) is 7.12. The molecule has 3 amide bonds. The molecule has 1 fully saturated rings. The summed E-state index contributed by atoms with van der Waals surface area (Å²) >= 11 is 1.25. The van der Waals surface area contributed by atoms with Crippen LogP contribution >= 0.6 is 11.3 Å². The van der Waals surface area contributed by atoms with E-state index in [9.17, 15) is 14.4 Å². The fraction of sp³-hybridized carbons (Fsp3) is 0.231. The first-order chi connectivity index (χ1) is 17.3. The molecule has 10 heteroatoms. The lowest BCUT2D eigenvalue weighted by molar-refractivity contribution is -0.133. The van der Waals surface area contributed by atoms with Crippen molar-refractivity contribution in [3.8, 4) is 11.8 Å². The normalized spacial score (nSPS) is 17.4. The van der Waals surface area contributed by atoms with Gasteiger partial charge in [0.2, 0.25) is 0 Å². The van der Waals surface area contributed by atoms with Gasteiger partial charge in [0.1, 0.15) is 17.5 Å². The molecule has 1 atom stereocenters. The second kappa shape index (κ2) is 10.3.